The second-order valence-corrected chi connectivity index (χ2v) is 6.41. The Morgan fingerprint density at radius 1 is 1.20 bits per heavy atom. The Balaban J connectivity index is 2.13. The van der Waals surface area contributed by atoms with E-state index in [1.807, 2.05) is 19.1 Å². The van der Waals surface area contributed by atoms with Crippen LogP contribution in [0.15, 0.2) is 12.1 Å². The summed E-state index contributed by atoms with van der Waals surface area (Å²) in [5.41, 5.74) is 7.47. The van der Waals surface area contributed by atoms with Crippen LogP contribution in [0.3, 0.4) is 0 Å². The molecule has 20 heavy (non-hydrogen) atoms. The number of piperazine rings is 1. The van der Waals surface area contributed by atoms with E-state index < -0.39 is 0 Å². The molecular formula is C15H25N5. The summed E-state index contributed by atoms with van der Waals surface area (Å²) >= 11 is 0. The molecule has 0 aliphatic carbocycles. The van der Waals surface area contributed by atoms with Gasteiger partial charge >= 0.3 is 0 Å². The van der Waals surface area contributed by atoms with E-state index in [1.54, 1.807) is 0 Å². The number of amidine groups is 1. The number of aromatic nitrogens is 1. The number of nitrogens with two attached hydrogens (primary N) is 1. The van der Waals surface area contributed by atoms with Crippen LogP contribution in [-0.2, 0) is 0 Å². The largest absolute Gasteiger partial charge is 0.384 e. The highest BCUT2D eigenvalue weighted by Crippen LogP contribution is 2.20. The Morgan fingerprint density at radius 3 is 2.30 bits per heavy atom. The van der Waals surface area contributed by atoms with Crippen molar-refractivity contribution in [3.63, 3.8) is 0 Å². The third-order valence-electron chi connectivity index (χ3n) is 3.80. The number of hydrogen-bond acceptors (Lipinski definition) is 4. The van der Waals surface area contributed by atoms with Gasteiger partial charge in [-0.3, -0.25) is 10.3 Å². The van der Waals surface area contributed by atoms with Crippen LogP contribution in [0.25, 0.3) is 0 Å². The van der Waals surface area contributed by atoms with E-state index in [1.165, 1.54) is 0 Å². The minimum Gasteiger partial charge on any atom is -0.384 e. The molecule has 0 saturated carbocycles. The number of nitrogen functional groups attached to an aromatic ring is 1. The van der Waals surface area contributed by atoms with Crippen LogP contribution in [0, 0.1) is 12.3 Å². The average Bonchev–Trinajstić information content (AvgIpc) is 2.37. The second-order valence-electron chi connectivity index (χ2n) is 6.41. The number of nitrogens with one attached hydrogen (secondary N) is 1. The van der Waals surface area contributed by atoms with Crippen molar-refractivity contribution >= 4 is 11.7 Å². The van der Waals surface area contributed by atoms with Crippen molar-refractivity contribution in [3.8, 4) is 0 Å². The Labute approximate surface area is 121 Å². The monoisotopic (exact) mass is 275 g/mol. The maximum atomic E-state index is 7.58. The molecule has 110 valence electrons. The smallest absolute Gasteiger partial charge is 0.129 e. The van der Waals surface area contributed by atoms with E-state index in [0.29, 0.717) is 0 Å². The van der Waals surface area contributed by atoms with Crippen LogP contribution < -0.4 is 10.6 Å². The summed E-state index contributed by atoms with van der Waals surface area (Å²) in [6, 6.07) is 3.78. The zero-order valence-electron chi connectivity index (χ0n) is 12.9. The third-order valence-corrected chi connectivity index (χ3v) is 3.80. The lowest BCUT2D eigenvalue weighted by Gasteiger charge is -2.42. The lowest BCUT2D eigenvalue weighted by molar-refractivity contribution is 0.128. The van der Waals surface area contributed by atoms with Gasteiger partial charge in [0.15, 0.2) is 0 Å². The fourth-order valence-electron chi connectivity index (χ4n) is 2.57. The molecule has 0 amide bonds. The highest BCUT2D eigenvalue weighted by atomic mass is 15.3. The summed E-state index contributed by atoms with van der Waals surface area (Å²) in [6.07, 6.45) is 0. The minimum atomic E-state index is 0.102. The van der Waals surface area contributed by atoms with Crippen LogP contribution in [0.4, 0.5) is 5.82 Å². The highest BCUT2D eigenvalue weighted by molar-refractivity contribution is 5.95. The zero-order chi connectivity index (χ0) is 14.9. The van der Waals surface area contributed by atoms with Gasteiger partial charge in [-0.2, -0.15) is 0 Å². The number of aryl methyl sites for hydroxylation is 1. The van der Waals surface area contributed by atoms with Gasteiger partial charge in [-0.25, -0.2) is 4.98 Å². The molecule has 0 bridgehead atoms. The quantitative estimate of drug-likeness (QED) is 0.635. The first-order valence-electron chi connectivity index (χ1n) is 7.10. The van der Waals surface area contributed by atoms with E-state index in [4.69, 9.17) is 11.1 Å². The lowest BCUT2D eigenvalue weighted by Crippen LogP contribution is -2.53. The molecule has 1 aliphatic rings. The molecule has 0 aromatic carbocycles. The molecule has 2 heterocycles. The van der Waals surface area contributed by atoms with Crippen molar-refractivity contribution in [2.45, 2.75) is 33.2 Å². The summed E-state index contributed by atoms with van der Waals surface area (Å²) in [7, 11) is 0. The third kappa shape index (κ3) is 3.28. The van der Waals surface area contributed by atoms with Crippen molar-refractivity contribution < 1.29 is 0 Å². The van der Waals surface area contributed by atoms with E-state index in [2.05, 4.69) is 35.6 Å². The van der Waals surface area contributed by atoms with Crippen LogP contribution in [0.1, 0.15) is 32.0 Å². The Bertz CT molecular complexity index is 495. The molecule has 1 aromatic heterocycles. The highest BCUT2D eigenvalue weighted by Gasteiger charge is 2.26. The lowest BCUT2D eigenvalue weighted by atomic mass is 10.0. The Kier molecular flexibility index (Phi) is 3.99. The molecular weight excluding hydrogens is 250 g/mol. The van der Waals surface area contributed by atoms with Crippen molar-refractivity contribution in [2.75, 3.05) is 31.1 Å². The topological polar surface area (TPSA) is 69.2 Å². The Morgan fingerprint density at radius 2 is 1.80 bits per heavy atom. The SMILES string of the molecule is Cc1cc(C(=N)N)cc(N2CCN(C(C)(C)C)CC2)n1. The standard InChI is InChI=1S/C15H25N5/c1-11-9-12(14(16)17)10-13(18-11)19-5-7-20(8-6-19)15(2,3)4/h9-10H,5-8H2,1-4H3,(H3,16,17). The first kappa shape index (κ1) is 14.8. The molecule has 3 N–H and O–H groups in total. The minimum absolute atomic E-state index is 0.102. The number of anilines is 1. The average molecular weight is 275 g/mol. The van der Waals surface area contributed by atoms with E-state index in [0.717, 1.165) is 43.3 Å². The van der Waals surface area contributed by atoms with Crippen LogP contribution in [0.5, 0.6) is 0 Å². The molecule has 0 atom stereocenters. The maximum absolute atomic E-state index is 7.58. The number of hydrogen-bond donors (Lipinski definition) is 2. The molecule has 1 fully saturated rings. The molecule has 5 heteroatoms. The first-order valence-corrected chi connectivity index (χ1v) is 7.10. The summed E-state index contributed by atoms with van der Waals surface area (Å²) in [5, 5.41) is 7.58. The molecule has 5 nitrogen and oxygen atoms in total. The van der Waals surface area contributed by atoms with Gasteiger partial charge in [0.2, 0.25) is 0 Å². The fraction of sp³-hybridized carbons (Fsp3) is 0.600. The van der Waals surface area contributed by atoms with Crippen molar-refractivity contribution in [2.24, 2.45) is 5.73 Å². The second kappa shape index (κ2) is 5.40. The van der Waals surface area contributed by atoms with Crippen LogP contribution in [0.2, 0.25) is 0 Å². The van der Waals surface area contributed by atoms with Gasteiger partial charge in [-0.1, -0.05) is 0 Å². The molecule has 1 aliphatic heterocycles. The molecule has 0 radical (unpaired) electrons. The molecule has 1 aromatic rings. The van der Waals surface area contributed by atoms with E-state index in [9.17, 15) is 0 Å². The molecule has 0 unspecified atom stereocenters. The summed E-state index contributed by atoms with van der Waals surface area (Å²) in [6.45, 7) is 12.7. The number of pyridine rings is 1. The van der Waals surface area contributed by atoms with Gasteiger partial charge in [0.25, 0.3) is 0 Å². The maximum Gasteiger partial charge on any atom is 0.129 e. The molecule has 1 saturated heterocycles. The number of nitrogens with zero attached hydrogens (tertiary/aromatic N) is 3. The van der Waals surface area contributed by atoms with E-state index in [-0.39, 0.29) is 11.4 Å². The Hall–Kier alpha value is -1.62. The van der Waals surface area contributed by atoms with Crippen LogP contribution >= 0.6 is 0 Å². The van der Waals surface area contributed by atoms with Gasteiger partial charge < -0.3 is 10.6 Å². The van der Waals surface area contributed by atoms with Crippen LogP contribution in [-0.4, -0.2) is 47.4 Å². The van der Waals surface area contributed by atoms with Gasteiger partial charge in [-0.15, -0.1) is 0 Å². The van der Waals surface area contributed by atoms with Gasteiger partial charge in [-0.05, 0) is 39.8 Å². The van der Waals surface area contributed by atoms with Gasteiger partial charge in [0.1, 0.15) is 11.7 Å². The molecule has 2 rings (SSSR count). The zero-order valence-corrected chi connectivity index (χ0v) is 12.9. The predicted octanol–water partition coefficient (Wildman–Crippen LogP) is 1.59. The van der Waals surface area contributed by atoms with Crippen molar-refractivity contribution in [1.82, 2.24) is 9.88 Å². The van der Waals surface area contributed by atoms with E-state index >= 15 is 0 Å². The number of rotatable bonds is 2. The summed E-state index contributed by atoms with van der Waals surface area (Å²) < 4.78 is 0. The van der Waals surface area contributed by atoms with Gasteiger partial charge in [0, 0.05) is 43.0 Å². The van der Waals surface area contributed by atoms with Gasteiger partial charge in [0.05, 0.1) is 0 Å². The fourth-order valence-corrected chi connectivity index (χ4v) is 2.57. The van der Waals surface area contributed by atoms with Crippen molar-refractivity contribution in [3.05, 3.63) is 23.4 Å². The first-order chi connectivity index (χ1) is 9.27. The summed E-state index contributed by atoms with van der Waals surface area (Å²) in [4.78, 5) is 9.35. The normalized spacial score (nSPS) is 17.3. The molecule has 0 spiro atoms. The predicted molar refractivity (Wildman–Crippen MR) is 83.5 cm³/mol. The van der Waals surface area contributed by atoms with Crippen molar-refractivity contribution in [1.29, 1.82) is 5.41 Å². The summed E-state index contributed by atoms with van der Waals surface area (Å²) in [5.74, 6) is 1.04.